The van der Waals surface area contributed by atoms with Gasteiger partial charge in [-0.2, -0.15) is 0 Å². The number of ether oxygens (including phenoxy) is 2. The zero-order chi connectivity index (χ0) is 8.55. The molecule has 1 saturated carbocycles. The van der Waals surface area contributed by atoms with Crippen molar-refractivity contribution in [3.8, 4) is 0 Å². The van der Waals surface area contributed by atoms with Gasteiger partial charge in [-0.15, -0.1) is 0 Å². The van der Waals surface area contributed by atoms with E-state index in [4.69, 9.17) is 4.74 Å². The average Bonchev–Trinajstić information content (AvgIpc) is 2.62. The summed E-state index contributed by atoms with van der Waals surface area (Å²) in [5.41, 5.74) is 1.95. The number of fused-ring (bicyclic) bond motifs is 1. The molecule has 0 radical (unpaired) electrons. The SMILES string of the molecule is COC(=O)C1=C2CCCC2OC1. The lowest BCUT2D eigenvalue weighted by Crippen LogP contribution is -2.07. The standard InChI is InChI=1S/C9H12O3/c1-11-9(10)7-5-12-8-4-2-3-6(7)8/h8H,2-5H2,1H3. The van der Waals surface area contributed by atoms with Crippen LogP contribution in [0, 0.1) is 0 Å². The Bertz CT molecular complexity index is 242. The van der Waals surface area contributed by atoms with Gasteiger partial charge in [-0.3, -0.25) is 0 Å². The van der Waals surface area contributed by atoms with E-state index in [1.165, 1.54) is 12.7 Å². The third kappa shape index (κ3) is 1.05. The lowest BCUT2D eigenvalue weighted by atomic mass is 10.1. The maximum Gasteiger partial charge on any atom is 0.336 e. The summed E-state index contributed by atoms with van der Waals surface area (Å²) in [6.45, 7) is 0.451. The Hall–Kier alpha value is -0.830. The molecule has 0 aromatic rings. The van der Waals surface area contributed by atoms with E-state index in [0.29, 0.717) is 6.61 Å². The van der Waals surface area contributed by atoms with Gasteiger partial charge in [0.2, 0.25) is 0 Å². The first-order valence-electron chi connectivity index (χ1n) is 4.24. The van der Waals surface area contributed by atoms with Gasteiger partial charge in [-0.1, -0.05) is 0 Å². The fourth-order valence-corrected chi connectivity index (χ4v) is 1.93. The van der Waals surface area contributed by atoms with Crippen LogP contribution in [0.2, 0.25) is 0 Å². The van der Waals surface area contributed by atoms with Gasteiger partial charge in [0.1, 0.15) is 0 Å². The second-order valence-electron chi connectivity index (χ2n) is 3.19. The van der Waals surface area contributed by atoms with Crippen molar-refractivity contribution in [1.29, 1.82) is 0 Å². The molecule has 2 aliphatic rings. The first-order chi connectivity index (χ1) is 5.83. The molecule has 3 nitrogen and oxygen atoms in total. The van der Waals surface area contributed by atoms with Crippen molar-refractivity contribution < 1.29 is 14.3 Å². The van der Waals surface area contributed by atoms with Crippen molar-refractivity contribution >= 4 is 5.97 Å². The molecule has 3 heteroatoms. The molecule has 0 bridgehead atoms. The van der Waals surface area contributed by atoms with Crippen LogP contribution in [0.4, 0.5) is 0 Å². The van der Waals surface area contributed by atoms with Crippen molar-refractivity contribution in [2.24, 2.45) is 0 Å². The largest absolute Gasteiger partial charge is 0.466 e. The topological polar surface area (TPSA) is 35.5 Å². The Balaban J connectivity index is 2.24. The number of rotatable bonds is 1. The van der Waals surface area contributed by atoms with Crippen LogP contribution in [0.25, 0.3) is 0 Å². The van der Waals surface area contributed by atoms with Gasteiger partial charge in [-0.05, 0) is 24.8 Å². The van der Waals surface area contributed by atoms with Crippen LogP contribution in [0.3, 0.4) is 0 Å². The van der Waals surface area contributed by atoms with E-state index in [1.54, 1.807) is 0 Å². The van der Waals surface area contributed by atoms with Crippen LogP contribution in [-0.2, 0) is 14.3 Å². The minimum absolute atomic E-state index is 0.214. The maximum atomic E-state index is 11.2. The molecule has 1 aliphatic carbocycles. The van der Waals surface area contributed by atoms with Crippen LogP contribution in [0.5, 0.6) is 0 Å². The number of carbonyl (C=O) groups excluding carboxylic acids is 1. The Morgan fingerprint density at radius 3 is 3.25 bits per heavy atom. The molecule has 12 heavy (non-hydrogen) atoms. The Morgan fingerprint density at radius 1 is 1.67 bits per heavy atom. The van der Waals surface area contributed by atoms with Crippen molar-refractivity contribution in [1.82, 2.24) is 0 Å². The summed E-state index contributed by atoms with van der Waals surface area (Å²) in [4.78, 5) is 11.2. The Morgan fingerprint density at radius 2 is 2.50 bits per heavy atom. The zero-order valence-electron chi connectivity index (χ0n) is 7.13. The van der Waals surface area contributed by atoms with E-state index in [9.17, 15) is 4.79 Å². The molecule has 1 heterocycles. The smallest absolute Gasteiger partial charge is 0.336 e. The van der Waals surface area contributed by atoms with Gasteiger partial charge in [0.15, 0.2) is 0 Å². The summed E-state index contributed by atoms with van der Waals surface area (Å²) in [6.07, 6.45) is 3.44. The molecule has 0 amide bonds. The third-order valence-electron chi connectivity index (χ3n) is 2.55. The van der Waals surface area contributed by atoms with Gasteiger partial charge < -0.3 is 9.47 Å². The fourth-order valence-electron chi connectivity index (χ4n) is 1.93. The summed E-state index contributed by atoms with van der Waals surface area (Å²) in [5.74, 6) is -0.214. The lowest BCUT2D eigenvalue weighted by molar-refractivity contribution is -0.136. The van der Waals surface area contributed by atoms with Crippen molar-refractivity contribution in [3.63, 3.8) is 0 Å². The van der Waals surface area contributed by atoms with Gasteiger partial charge >= 0.3 is 5.97 Å². The molecule has 0 aromatic heterocycles. The average molecular weight is 168 g/mol. The molecule has 0 N–H and O–H groups in total. The maximum absolute atomic E-state index is 11.2. The molecule has 1 atom stereocenters. The molecule has 0 spiro atoms. The van der Waals surface area contributed by atoms with E-state index in [2.05, 4.69) is 4.74 Å². The lowest BCUT2D eigenvalue weighted by Gasteiger charge is -2.00. The highest BCUT2D eigenvalue weighted by atomic mass is 16.5. The first-order valence-corrected chi connectivity index (χ1v) is 4.24. The predicted octanol–water partition coefficient (Wildman–Crippen LogP) is 1.04. The summed E-state index contributed by atoms with van der Waals surface area (Å²) >= 11 is 0. The molecule has 1 aliphatic heterocycles. The Labute approximate surface area is 71.3 Å². The normalized spacial score (nSPS) is 27.6. The molecule has 0 saturated heterocycles. The molecule has 1 fully saturated rings. The fraction of sp³-hybridized carbons (Fsp3) is 0.667. The molecule has 2 rings (SSSR count). The van der Waals surface area contributed by atoms with Crippen LogP contribution in [0.1, 0.15) is 19.3 Å². The zero-order valence-corrected chi connectivity index (χ0v) is 7.13. The van der Waals surface area contributed by atoms with Crippen molar-refractivity contribution in [2.75, 3.05) is 13.7 Å². The van der Waals surface area contributed by atoms with Crippen LogP contribution in [0.15, 0.2) is 11.1 Å². The number of hydrogen-bond donors (Lipinski definition) is 0. The summed E-state index contributed by atoms with van der Waals surface area (Å²) < 4.78 is 10.1. The van der Waals surface area contributed by atoms with E-state index >= 15 is 0 Å². The Kier molecular flexibility index (Phi) is 1.89. The van der Waals surface area contributed by atoms with Crippen LogP contribution < -0.4 is 0 Å². The minimum atomic E-state index is -0.214. The molecule has 1 unspecified atom stereocenters. The quantitative estimate of drug-likeness (QED) is 0.549. The summed E-state index contributed by atoms with van der Waals surface area (Å²) in [6, 6.07) is 0. The molecular weight excluding hydrogens is 156 g/mol. The van der Waals surface area contributed by atoms with Gasteiger partial charge in [0.05, 0.1) is 25.4 Å². The first kappa shape index (κ1) is 7.80. The number of methoxy groups -OCH3 is 1. The van der Waals surface area contributed by atoms with Crippen molar-refractivity contribution in [2.45, 2.75) is 25.4 Å². The highest BCUT2D eigenvalue weighted by Gasteiger charge is 2.33. The van der Waals surface area contributed by atoms with Crippen LogP contribution >= 0.6 is 0 Å². The van der Waals surface area contributed by atoms with E-state index in [1.807, 2.05) is 0 Å². The number of carbonyl (C=O) groups is 1. The number of hydrogen-bond acceptors (Lipinski definition) is 3. The second-order valence-corrected chi connectivity index (χ2v) is 3.19. The highest BCUT2D eigenvalue weighted by molar-refractivity contribution is 5.90. The van der Waals surface area contributed by atoms with Crippen LogP contribution in [-0.4, -0.2) is 25.8 Å². The predicted molar refractivity (Wildman–Crippen MR) is 42.6 cm³/mol. The monoisotopic (exact) mass is 168 g/mol. The van der Waals surface area contributed by atoms with Gasteiger partial charge in [0, 0.05) is 0 Å². The van der Waals surface area contributed by atoms with Gasteiger partial charge in [-0.25, -0.2) is 4.79 Å². The second kappa shape index (κ2) is 2.90. The summed E-state index contributed by atoms with van der Waals surface area (Å²) in [7, 11) is 1.41. The third-order valence-corrected chi connectivity index (χ3v) is 2.55. The minimum Gasteiger partial charge on any atom is -0.466 e. The van der Waals surface area contributed by atoms with Crippen molar-refractivity contribution in [3.05, 3.63) is 11.1 Å². The highest BCUT2D eigenvalue weighted by Crippen LogP contribution is 2.35. The molecule has 0 aromatic carbocycles. The molecule has 66 valence electrons. The summed E-state index contributed by atoms with van der Waals surface area (Å²) in [5, 5.41) is 0. The van der Waals surface area contributed by atoms with E-state index < -0.39 is 0 Å². The number of esters is 1. The van der Waals surface area contributed by atoms with Gasteiger partial charge in [0.25, 0.3) is 0 Å². The van der Waals surface area contributed by atoms with E-state index in [-0.39, 0.29) is 12.1 Å². The van der Waals surface area contributed by atoms with E-state index in [0.717, 1.165) is 24.8 Å². The molecular formula is C9H12O3.